The normalized spacial score (nSPS) is 28.0. The highest BCUT2D eigenvalue weighted by Gasteiger charge is 2.50. The lowest BCUT2D eigenvalue weighted by atomic mass is 9.98. The van der Waals surface area contributed by atoms with Crippen LogP contribution in [0, 0.1) is 0 Å². The van der Waals surface area contributed by atoms with Crippen molar-refractivity contribution in [2.75, 3.05) is 0 Å². The van der Waals surface area contributed by atoms with Crippen LogP contribution in [0.5, 0.6) is 5.88 Å². The predicted molar refractivity (Wildman–Crippen MR) is 64.9 cm³/mol. The van der Waals surface area contributed by atoms with Crippen LogP contribution in [0.25, 0.3) is 0 Å². The van der Waals surface area contributed by atoms with Crippen LogP contribution >= 0.6 is 0 Å². The maximum Gasteiger partial charge on any atom is 0.417 e. The van der Waals surface area contributed by atoms with Crippen LogP contribution in [0.2, 0.25) is 0 Å². The highest BCUT2D eigenvalue weighted by molar-refractivity contribution is 5.67. The molecule has 0 aromatic carbocycles. The van der Waals surface area contributed by atoms with Gasteiger partial charge in [-0.25, -0.2) is 9.78 Å². The van der Waals surface area contributed by atoms with E-state index < -0.39 is 17.8 Å². The van der Waals surface area contributed by atoms with Gasteiger partial charge in [-0.1, -0.05) is 0 Å². The number of nitrogens with zero attached hydrogens (tertiary/aromatic N) is 2. The minimum absolute atomic E-state index is 0.0630. The van der Waals surface area contributed by atoms with Crippen LogP contribution in [0.3, 0.4) is 0 Å². The summed E-state index contributed by atoms with van der Waals surface area (Å²) >= 11 is 0. The van der Waals surface area contributed by atoms with Crippen LogP contribution < -0.4 is 4.74 Å². The van der Waals surface area contributed by atoms with Crippen molar-refractivity contribution >= 4 is 6.09 Å². The van der Waals surface area contributed by atoms with E-state index in [1.165, 1.54) is 11.0 Å². The van der Waals surface area contributed by atoms with Crippen molar-refractivity contribution < 1.29 is 27.8 Å². The van der Waals surface area contributed by atoms with Gasteiger partial charge in [-0.2, -0.15) is 13.2 Å². The molecule has 0 spiro atoms. The van der Waals surface area contributed by atoms with Crippen molar-refractivity contribution in [2.45, 2.75) is 43.6 Å². The molecule has 0 radical (unpaired) electrons. The molecule has 2 aliphatic rings. The number of amides is 1. The summed E-state index contributed by atoms with van der Waals surface area (Å²) in [6.07, 6.45) is -2.97. The first-order chi connectivity index (χ1) is 9.86. The summed E-state index contributed by atoms with van der Waals surface area (Å²) in [5, 5.41) is 9.13. The summed E-state index contributed by atoms with van der Waals surface area (Å²) in [5.74, 6) is 0.0888. The third-order valence-electron chi connectivity index (χ3n) is 4.04. The zero-order valence-electron chi connectivity index (χ0n) is 10.9. The van der Waals surface area contributed by atoms with Gasteiger partial charge in [-0.05, 0) is 18.9 Å². The molecule has 3 atom stereocenters. The van der Waals surface area contributed by atoms with Gasteiger partial charge in [0, 0.05) is 24.7 Å². The second-order valence-corrected chi connectivity index (χ2v) is 5.26. The lowest BCUT2D eigenvalue weighted by molar-refractivity contribution is -0.137. The van der Waals surface area contributed by atoms with Gasteiger partial charge in [0.25, 0.3) is 0 Å². The molecule has 114 valence electrons. The summed E-state index contributed by atoms with van der Waals surface area (Å²) < 4.78 is 42.9. The predicted octanol–water partition coefficient (Wildman–Crippen LogP) is 2.76. The fourth-order valence-corrected chi connectivity index (χ4v) is 3.13. The Balaban J connectivity index is 1.70. The average molecular weight is 302 g/mol. The van der Waals surface area contributed by atoms with Crippen LogP contribution in [0.4, 0.5) is 18.0 Å². The summed E-state index contributed by atoms with van der Waals surface area (Å²) in [7, 11) is 0. The molecule has 3 heterocycles. The molecule has 3 rings (SSSR count). The van der Waals surface area contributed by atoms with Gasteiger partial charge in [-0.3, -0.25) is 4.90 Å². The molecule has 1 N–H and O–H groups in total. The number of alkyl halides is 3. The Morgan fingerprint density at radius 1 is 1.38 bits per heavy atom. The third-order valence-corrected chi connectivity index (χ3v) is 4.04. The van der Waals surface area contributed by atoms with Crippen molar-refractivity contribution in [2.24, 2.45) is 0 Å². The quantitative estimate of drug-likeness (QED) is 0.912. The van der Waals surface area contributed by atoms with E-state index in [0.717, 1.165) is 18.7 Å². The van der Waals surface area contributed by atoms with Crippen molar-refractivity contribution in [1.29, 1.82) is 0 Å². The lowest BCUT2D eigenvalue weighted by Gasteiger charge is -2.22. The second kappa shape index (κ2) is 4.78. The van der Waals surface area contributed by atoms with Crippen LogP contribution in [-0.2, 0) is 6.18 Å². The summed E-state index contributed by atoms with van der Waals surface area (Å²) in [6.45, 7) is 0. The fourth-order valence-electron chi connectivity index (χ4n) is 3.13. The smallest absolute Gasteiger partial charge is 0.417 e. The van der Waals surface area contributed by atoms with Crippen molar-refractivity contribution in [3.8, 4) is 5.88 Å². The SMILES string of the molecule is O=C(O)N1C2CCC1C(Oc1ccc(C(F)(F)F)cn1)C2. The monoisotopic (exact) mass is 302 g/mol. The van der Waals surface area contributed by atoms with Gasteiger partial charge >= 0.3 is 12.3 Å². The maximum absolute atomic E-state index is 12.4. The number of hydrogen-bond acceptors (Lipinski definition) is 3. The Morgan fingerprint density at radius 3 is 2.67 bits per heavy atom. The fraction of sp³-hybridized carbons (Fsp3) is 0.538. The number of carbonyl (C=O) groups is 1. The number of rotatable bonds is 2. The molecule has 1 aromatic heterocycles. The maximum atomic E-state index is 12.4. The Bertz CT molecular complexity index is 547. The van der Waals surface area contributed by atoms with E-state index in [4.69, 9.17) is 9.84 Å². The number of fused-ring (bicyclic) bond motifs is 2. The molecule has 2 bridgehead atoms. The minimum Gasteiger partial charge on any atom is -0.472 e. The highest BCUT2D eigenvalue weighted by atomic mass is 19.4. The Hall–Kier alpha value is -1.99. The Labute approximate surface area is 118 Å². The van der Waals surface area contributed by atoms with Crippen molar-refractivity contribution in [3.05, 3.63) is 23.9 Å². The lowest BCUT2D eigenvalue weighted by Crippen LogP contribution is -2.38. The largest absolute Gasteiger partial charge is 0.472 e. The van der Waals surface area contributed by atoms with Gasteiger partial charge in [0.05, 0.1) is 11.6 Å². The first-order valence-electron chi connectivity index (χ1n) is 6.57. The van der Waals surface area contributed by atoms with Gasteiger partial charge < -0.3 is 9.84 Å². The van der Waals surface area contributed by atoms with E-state index in [0.29, 0.717) is 12.8 Å². The summed E-state index contributed by atoms with van der Waals surface area (Å²) in [5.41, 5.74) is -0.838. The first kappa shape index (κ1) is 14.0. The van der Waals surface area contributed by atoms with E-state index >= 15 is 0 Å². The molecule has 0 aliphatic carbocycles. The van der Waals surface area contributed by atoms with Gasteiger partial charge in [0.1, 0.15) is 6.10 Å². The van der Waals surface area contributed by atoms with E-state index in [9.17, 15) is 18.0 Å². The summed E-state index contributed by atoms with van der Waals surface area (Å²) in [6, 6.07) is 1.77. The standard InChI is InChI=1S/C13H13F3N2O3/c14-13(15,16)7-1-4-11(17-6-7)21-10-5-8-2-3-9(10)18(8)12(19)20/h1,4,6,8-10H,2-3,5H2,(H,19,20). The zero-order valence-corrected chi connectivity index (χ0v) is 10.9. The molecule has 2 fully saturated rings. The Morgan fingerprint density at radius 2 is 2.14 bits per heavy atom. The van der Waals surface area contributed by atoms with E-state index in [1.54, 1.807) is 0 Å². The zero-order chi connectivity index (χ0) is 15.2. The number of ether oxygens (including phenoxy) is 1. The molecule has 2 saturated heterocycles. The minimum atomic E-state index is -4.43. The number of pyridine rings is 1. The number of carboxylic acid groups (broad SMARTS) is 1. The topological polar surface area (TPSA) is 62.7 Å². The highest BCUT2D eigenvalue weighted by Crippen LogP contribution is 2.39. The van der Waals surface area contributed by atoms with E-state index in [1.807, 2.05) is 0 Å². The molecule has 0 saturated carbocycles. The molecule has 1 amide bonds. The molecule has 2 aliphatic heterocycles. The average Bonchev–Trinajstić information content (AvgIpc) is 2.95. The Kier molecular flexibility index (Phi) is 3.18. The molecule has 1 aromatic rings. The van der Waals surface area contributed by atoms with Crippen LogP contribution in [0.1, 0.15) is 24.8 Å². The van der Waals surface area contributed by atoms with Crippen molar-refractivity contribution in [1.82, 2.24) is 9.88 Å². The molecular weight excluding hydrogens is 289 g/mol. The van der Waals surface area contributed by atoms with Gasteiger partial charge in [-0.15, -0.1) is 0 Å². The molecule has 8 heteroatoms. The first-order valence-corrected chi connectivity index (χ1v) is 6.57. The van der Waals surface area contributed by atoms with Crippen molar-refractivity contribution in [3.63, 3.8) is 0 Å². The number of aromatic nitrogens is 1. The molecular formula is C13H13F3N2O3. The number of halogens is 3. The molecule has 21 heavy (non-hydrogen) atoms. The van der Waals surface area contributed by atoms with Gasteiger partial charge in [0.2, 0.25) is 5.88 Å². The number of hydrogen-bond donors (Lipinski definition) is 1. The second-order valence-electron chi connectivity index (χ2n) is 5.26. The van der Waals surface area contributed by atoms with E-state index in [-0.39, 0.29) is 24.1 Å². The summed E-state index contributed by atoms with van der Waals surface area (Å²) in [4.78, 5) is 16.2. The van der Waals surface area contributed by atoms with Gasteiger partial charge in [0.15, 0.2) is 0 Å². The molecule has 5 nitrogen and oxygen atoms in total. The van der Waals surface area contributed by atoms with Crippen LogP contribution in [-0.4, -0.2) is 39.3 Å². The molecule has 3 unspecified atom stereocenters. The third kappa shape index (κ3) is 2.50. The van der Waals surface area contributed by atoms with Crippen LogP contribution in [0.15, 0.2) is 18.3 Å². The van der Waals surface area contributed by atoms with E-state index in [2.05, 4.69) is 4.98 Å².